The van der Waals surface area contributed by atoms with Crippen LogP contribution in [0.5, 0.6) is 0 Å². The molecular formula is C23H28N2O2. The molecule has 0 radical (unpaired) electrons. The largest absolute Gasteiger partial charge is 0.372 e. The molecule has 1 amide bonds. The van der Waals surface area contributed by atoms with Crippen molar-refractivity contribution in [1.82, 2.24) is 5.32 Å². The van der Waals surface area contributed by atoms with Gasteiger partial charge in [-0.1, -0.05) is 42.5 Å². The third-order valence-corrected chi connectivity index (χ3v) is 5.66. The Morgan fingerprint density at radius 3 is 2.22 bits per heavy atom. The lowest BCUT2D eigenvalue weighted by Crippen LogP contribution is -2.39. The molecule has 2 saturated heterocycles. The van der Waals surface area contributed by atoms with Gasteiger partial charge in [0.05, 0.1) is 13.2 Å². The van der Waals surface area contributed by atoms with Gasteiger partial charge in [0.2, 0.25) is 5.91 Å². The minimum absolute atomic E-state index is 0.134. The van der Waals surface area contributed by atoms with Gasteiger partial charge in [-0.05, 0) is 54.9 Å². The normalized spacial score (nSPS) is 23.9. The van der Waals surface area contributed by atoms with Crippen LogP contribution >= 0.6 is 0 Å². The summed E-state index contributed by atoms with van der Waals surface area (Å²) in [5, 5.41) is 6.68. The molecule has 2 aliphatic heterocycles. The first-order chi connectivity index (χ1) is 13.2. The van der Waals surface area contributed by atoms with E-state index < -0.39 is 0 Å². The van der Waals surface area contributed by atoms with Crippen LogP contribution in [-0.4, -0.2) is 18.0 Å². The van der Waals surface area contributed by atoms with Crippen LogP contribution in [0.1, 0.15) is 43.2 Å². The molecule has 2 N–H and O–H groups in total. The van der Waals surface area contributed by atoms with Crippen LogP contribution in [0.4, 0.5) is 5.69 Å². The van der Waals surface area contributed by atoms with Crippen molar-refractivity contribution in [3.63, 3.8) is 0 Å². The fourth-order valence-electron chi connectivity index (χ4n) is 4.36. The molecule has 27 heavy (non-hydrogen) atoms. The molecule has 0 saturated carbocycles. The zero-order valence-electron chi connectivity index (χ0n) is 15.7. The predicted octanol–water partition coefficient (Wildman–Crippen LogP) is 4.26. The number of anilines is 1. The van der Waals surface area contributed by atoms with E-state index in [1.165, 1.54) is 18.4 Å². The summed E-state index contributed by atoms with van der Waals surface area (Å²) in [4.78, 5) is 12.4. The Labute approximate surface area is 161 Å². The Morgan fingerprint density at radius 1 is 0.926 bits per heavy atom. The van der Waals surface area contributed by atoms with Crippen molar-refractivity contribution in [3.05, 3.63) is 65.7 Å². The molecule has 2 atom stereocenters. The Kier molecular flexibility index (Phi) is 5.85. The van der Waals surface area contributed by atoms with Crippen molar-refractivity contribution in [3.8, 4) is 0 Å². The average molecular weight is 364 g/mol. The van der Waals surface area contributed by atoms with Gasteiger partial charge in [0.1, 0.15) is 0 Å². The van der Waals surface area contributed by atoms with Gasteiger partial charge >= 0.3 is 0 Å². The molecule has 4 nitrogen and oxygen atoms in total. The first-order valence-corrected chi connectivity index (χ1v) is 10.0. The number of ether oxygens (including phenoxy) is 1. The lowest BCUT2D eigenvalue weighted by molar-refractivity contribution is -0.117. The summed E-state index contributed by atoms with van der Waals surface area (Å²) in [5.41, 5.74) is 3.15. The fourth-order valence-corrected chi connectivity index (χ4v) is 4.36. The van der Waals surface area contributed by atoms with Gasteiger partial charge in [0.25, 0.3) is 0 Å². The van der Waals surface area contributed by atoms with Gasteiger partial charge in [-0.15, -0.1) is 0 Å². The minimum Gasteiger partial charge on any atom is -0.372 e. The molecule has 142 valence electrons. The number of benzene rings is 2. The van der Waals surface area contributed by atoms with E-state index in [2.05, 4.69) is 22.8 Å². The lowest BCUT2D eigenvalue weighted by Gasteiger charge is -2.28. The van der Waals surface area contributed by atoms with Gasteiger partial charge in [-0.2, -0.15) is 0 Å². The Morgan fingerprint density at radius 2 is 1.56 bits per heavy atom. The van der Waals surface area contributed by atoms with Crippen LogP contribution in [-0.2, 0) is 22.7 Å². The number of carbonyl (C=O) groups is 1. The zero-order chi connectivity index (χ0) is 18.5. The second-order valence-electron chi connectivity index (χ2n) is 7.90. The number of fused-ring (bicyclic) bond motifs is 2. The standard InChI is InChI=1S/C23H28N2O2/c26-23(14-19-12-21-10-11-22(13-19)24-21)25-20-8-6-18(7-9-20)16-27-15-17-4-2-1-3-5-17/h1-9,19,21-22,24H,10-16H2,(H,25,26). The van der Waals surface area contributed by atoms with Crippen molar-refractivity contribution in [2.24, 2.45) is 5.92 Å². The second kappa shape index (κ2) is 8.68. The third-order valence-electron chi connectivity index (χ3n) is 5.66. The Hall–Kier alpha value is -2.17. The summed E-state index contributed by atoms with van der Waals surface area (Å²) in [6, 6.07) is 19.4. The second-order valence-corrected chi connectivity index (χ2v) is 7.90. The molecule has 0 aliphatic carbocycles. The van der Waals surface area contributed by atoms with Crippen molar-refractivity contribution < 1.29 is 9.53 Å². The predicted molar refractivity (Wildman–Crippen MR) is 107 cm³/mol. The van der Waals surface area contributed by atoms with Crippen molar-refractivity contribution >= 4 is 11.6 Å². The SMILES string of the molecule is O=C(CC1CC2CCC(C1)N2)Nc1ccc(COCc2ccccc2)cc1. The molecular weight excluding hydrogens is 336 g/mol. The number of amides is 1. The highest BCUT2D eigenvalue weighted by molar-refractivity contribution is 5.90. The van der Waals surface area contributed by atoms with E-state index in [1.54, 1.807) is 0 Å². The molecule has 0 spiro atoms. The van der Waals surface area contributed by atoms with Crippen LogP contribution in [0.2, 0.25) is 0 Å². The smallest absolute Gasteiger partial charge is 0.224 e. The molecule has 2 aromatic rings. The molecule has 2 aromatic carbocycles. The molecule has 2 heterocycles. The summed E-state index contributed by atoms with van der Waals surface area (Å²) in [6.07, 6.45) is 5.47. The Balaban J connectivity index is 1.21. The maximum atomic E-state index is 12.4. The summed E-state index contributed by atoms with van der Waals surface area (Å²) in [6.45, 7) is 1.18. The number of hydrogen-bond acceptors (Lipinski definition) is 3. The number of rotatable bonds is 7. The maximum Gasteiger partial charge on any atom is 0.224 e. The fraction of sp³-hybridized carbons (Fsp3) is 0.435. The van der Waals surface area contributed by atoms with E-state index in [0.717, 1.165) is 24.1 Å². The number of hydrogen-bond donors (Lipinski definition) is 2. The van der Waals surface area contributed by atoms with E-state index in [-0.39, 0.29) is 5.91 Å². The molecule has 2 fully saturated rings. The highest BCUT2D eigenvalue weighted by Gasteiger charge is 2.34. The summed E-state index contributed by atoms with van der Waals surface area (Å²) < 4.78 is 5.76. The number of piperidine rings is 1. The first kappa shape index (κ1) is 18.2. The molecule has 2 aliphatic rings. The third kappa shape index (κ3) is 5.18. The van der Waals surface area contributed by atoms with Crippen LogP contribution in [0.15, 0.2) is 54.6 Å². The summed E-state index contributed by atoms with van der Waals surface area (Å²) >= 11 is 0. The molecule has 4 heteroatoms. The van der Waals surface area contributed by atoms with E-state index in [4.69, 9.17) is 4.74 Å². The van der Waals surface area contributed by atoms with Gasteiger partial charge in [0, 0.05) is 24.2 Å². The molecule has 2 bridgehead atoms. The van der Waals surface area contributed by atoms with Crippen LogP contribution in [0.3, 0.4) is 0 Å². The van der Waals surface area contributed by atoms with Gasteiger partial charge in [0.15, 0.2) is 0 Å². The Bertz CT molecular complexity index is 733. The molecule has 2 unspecified atom stereocenters. The van der Waals surface area contributed by atoms with E-state index >= 15 is 0 Å². The van der Waals surface area contributed by atoms with Crippen LogP contribution in [0.25, 0.3) is 0 Å². The van der Waals surface area contributed by atoms with E-state index in [1.807, 2.05) is 42.5 Å². The van der Waals surface area contributed by atoms with Crippen molar-refractivity contribution in [2.45, 2.75) is 57.4 Å². The van der Waals surface area contributed by atoms with Crippen molar-refractivity contribution in [1.29, 1.82) is 0 Å². The van der Waals surface area contributed by atoms with Gasteiger partial charge < -0.3 is 15.4 Å². The van der Waals surface area contributed by atoms with E-state index in [9.17, 15) is 4.79 Å². The number of nitrogens with one attached hydrogen (secondary N) is 2. The average Bonchev–Trinajstić information content (AvgIpc) is 3.02. The lowest BCUT2D eigenvalue weighted by atomic mass is 9.89. The van der Waals surface area contributed by atoms with Gasteiger partial charge in [-0.25, -0.2) is 0 Å². The highest BCUT2D eigenvalue weighted by atomic mass is 16.5. The quantitative estimate of drug-likeness (QED) is 0.772. The molecule has 0 aromatic heterocycles. The highest BCUT2D eigenvalue weighted by Crippen LogP contribution is 2.32. The topological polar surface area (TPSA) is 50.4 Å². The van der Waals surface area contributed by atoms with E-state index in [0.29, 0.717) is 37.6 Å². The zero-order valence-corrected chi connectivity index (χ0v) is 15.7. The van der Waals surface area contributed by atoms with Crippen molar-refractivity contribution in [2.75, 3.05) is 5.32 Å². The molecule has 4 rings (SSSR count). The maximum absolute atomic E-state index is 12.4. The monoisotopic (exact) mass is 364 g/mol. The van der Waals surface area contributed by atoms with Crippen LogP contribution < -0.4 is 10.6 Å². The van der Waals surface area contributed by atoms with Gasteiger partial charge in [-0.3, -0.25) is 4.79 Å². The summed E-state index contributed by atoms with van der Waals surface area (Å²) in [5.74, 6) is 0.656. The summed E-state index contributed by atoms with van der Waals surface area (Å²) in [7, 11) is 0. The number of carbonyl (C=O) groups excluding carboxylic acids is 1. The van der Waals surface area contributed by atoms with Crippen LogP contribution in [0, 0.1) is 5.92 Å². The minimum atomic E-state index is 0.134. The first-order valence-electron chi connectivity index (χ1n) is 10.0.